The standard InChI is InChI=1S/C66H72F6N8O16S2/c1-45-57(97(87)53-13-9-47(43-73)10-14-53)41-55(63(85)79(45)51-7-3-5-49(39-51)65(67,68)69)61(83)77-21-25-91-29-33-95-37-35-93-31-27-89-23-19-75-59(81)17-18-60(82)76-20-24-90-28-32-94-36-38-96-34-30-92-26-22-78-62(84)56-42-58(98(88)54-15-11-48(44-74)12-16-54)46(2)80(64(56)86)52-8-4-6-50(40-52)66(70,71)72/h3-16,39-42H,17-38H2,1-2H3,(H,75,81)(H,76,82)(H,77,83)(H,78,84). The van der Waals surface area contributed by atoms with Crippen LogP contribution in [0.3, 0.4) is 0 Å². The molecule has 4 amide bonds. The molecular formula is C66H72F6N8O16S2. The van der Waals surface area contributed by atoms with E-state index in [1.165, 1.54) is 74.5 Å². The summed E-state index contributed by atoms with van der Waals surface area (Å²) in [5.41, 5.74) is -4.58. The SMILES string of the molecule is Cc1c(S(=O)c2ccc(C#N)cc2)cc(C(=O)NCCOCCOCCOCCOCCNC(=O)CCC(=O)NCCOCCOCCOCCOCCNC(=O)c2cc(S(=O)c3ccc(C#N)cc3)c(C)n(-c3cccc(C(F)(F)F)c3)c2=O)c(=O)n1-c1cccc(C(F)(F)F)c1. The van der Waals surface area contributed by atoms with Gasteiger partial charge in [-0.25, -0.2) is 8.42 Å². The zero-order chi connectivity index (χ0) is 71.0. The van der Waals surface area contributed by atoms with E-state index in [-0.39, 0.29) is 199 Å². The molecule has 0 aliphatic carbocycles. The third-order valence-corrected chi connectivity index (χ3v) is 17.0. The lowest BCUT2D eigenvalue weighted by atomic mass is 10.1. The van der Waals surface area contributed by atoms with Crippen molar-refractivity contribution in [2.75, 3.05) is 132 Å². The minimum Gasteiger partial charge on any atom is -0.377 e. The number of benzene rings is 4. The first kappa shape index (κ1) is 78.2. The van der Waals surface area contributed by atoms with E-state index in [1.807, 2.05) is 12.1 Å². The van der Waals surface area contributed by atoms with Gasteiger partial charge in [0.2, 0.25) is 11.8 Å². The average Bonchev–Trinajstić information content (AvgIpc) is 0.772. The van der Waals surface area contributed by atoms with Gasteiger partial charge >= 0.3 is 12.4 Å². The van der Waals surface area contributed by atoms with Crippen molar-refractivity contribution < 1.29 is 91.8 Å². The Morgan fingerprint density at radius 1 is 0.429 bits per heavy atom. The van der Waals surface area contributed by atoms with E-state index in [0.717, 1.165) is 57.7 Å². The fraction of sp³-hybridized carbons (Fsp3) is 0.394. The minimum atomic E-state index is -4.73. The minimum absolute atomic E-state index is 0.00746. The molecule has 0 fully saturated rings. The number of nitrogens with one attached hydrogen (secondary N) is 4. The zero-order valence-corrected chi connectivity index (χ0v) is 55.0. The van der Waals surface area contributed by atoms with Gasteiger partial charge < -0.3 is 59.2 Å². The van der Waals surface area contributed by atoms with E-state index in [1.54, 1.807) is 0 Å². The first-order chi connectivity index (χ1) is 47.0. The van der Waals surface area contributed by atoms with Crippen molar-refractivity contribution in [2.24, 2.45) is 0 Å². The number of aromatic nitrogens is 2. The summed E-state index contributed by atoms with van der Waals surface area (Å²) >= 11 is 0. The molecule has 32 heteroatoms. The van der Waals surface area contributed by atoms with Crippen molar-refractivity contribution in [1.82, 2.24) is 30.4 Å². The van der Waals surface area contributed by atoms with Gasteiger partial charge in [-0.05, 0) is 111 Å². The van der Waals surface area contributed by atoms with Crippen LogP contribution in [0.1, 0.15) is 67.2 Å². The third kappa shape index (κ3) is 24.6. The lowest BCUT2D eigenvalue weighted by Gasteiger charge is -2.18. The fourth-order valence-corrected chi connectivity index (χ4v) is 11.4. The molecule has 0 aliphatic heterocycles. The van der Waals surface area contributed by atoms with Crippen LogP contribution in [0.25, 0.3) is 11.4 Å². The van der Waals surface area contributed by atoms with Crippen LogP contribution in [0.15, 0.2) is 138 Å². The maximum absolute atomic E-state index is 13.8. The second kappa shape index (κ2) is 40.2. The van der Waals surface area contributed by atoms with Crippen LogP contribution in [-0.2, 0) is 81.4 Å². The topological polar surface area (TPSA) is 316 Å². The van der Waals surface area contributed by atoms with E-state index >= 15 is 0 Å². The number of alkyl halides is 6. The van der Waals surface area contributed by atoms with Crippen LogP contribution in [-0.4, -0.2) is 173 Å². The normalized spacial score (nSPS) is 12.1. The molecule has 0 bridgehead atoms. The second-order valence-corrected chi connectivity index (χ2v) is 23.7. The molecule has 98 heavy (non-hydrogen) atoms. The fourth-order valence-electron chi connectivity index (χ4n) is 9.00. The number of hydrogen-bond acceptors (Lipinski definition) is 18. The Hall–Kier alpha value is -8.80. The summed E-state index contributed by atoms with van der Waals surface area (Å²) in [4.78, 5) is 79.0. The van der Waals surface area contributed by atoms with E-state index in [9.17, 15) is 74.1 Å². The molecule has 0 saturated heterocycles. The van der Waals surface area contributed by atoms with Gasteiger partial charge in [-0.15, -0.1) is 0 Å². The van der Waals surface area contributed by atoms with E-state index < -0.39 is 79.1 Å². The number of amides is 4. The Morgan fingerprint density at radius 3 is 1.00 bits per heavy atom. The molecule has 0 spiro atoms. The number of ether oxygens (including phenoxy) is 8. The molecule has 2 unspecified atom stereocenters. The number of carbonyl (C=O) groups excluding carboxylic acids is 4. The molecule has 0 aliphatic rings. The monoisotopic (exact) mass is 1410 g/mol. The van der Waals surface area contributed by atoms with Crippen LogP contribution in [0.4, 0.5) is 26.3 Å². The molecular weight excluding hydrogens is 1340 g/mol. The van der Waals surface area contributed by atoms with Crippen LogP contribution in [0.5, 0.6) is 0 Å². The highest BCUT2D eigenvalue weighted by Gasteiger charge is 2.33. The highest BCUT2D eigenvalue weighted by molar-refractivity contribution is 7.85. The van der Waals surface area contributed by atoms with Crippen LogP contribution >= 0.6 is 0 Å². The molecule has 0 radical (unpaired) electrons. The van der Waals surface area contributed by atoms with Crippen LogP contribution < -0.4 is 32.4 Å². The van der Waals surface area contributed by atoms with Gasteiger partial charge in [0.05, 0.1) is 171 Å². The molecule has 6 rings (SSSR count). The van der Waals surface area contributed by atoms with Gasteiger partial charge in [-0.2, -0.15) is 36.9 Å². The predicted octanol–water partition coefficient (Wildman–Crippen LogP) is 6.02. The summed E-state index contributed by atoms with van der Waals surface area (Å²) in [6.07, 6.45) is -9.53. The molecule has 2 heterocycles. The number of rotatable bonds is 41. The van der Waals surface area contributed by atoms with Gasteiger partial charge in [-0.1, -0.05) is 12.1 Å². The summed E-state index contributed by atoms with van der Waals surface area (Å²) in [5, 5.41) is 28.8. The summed E-state index contributed by atoms with van der Waals surface area (Å²) in [6, 6.07) is 25.6. The Kier molecular flexibility index (Phi) is 32.1. The van der Waals surface area contributed by atoms with Crippen molar-refractivity contribution in [1.29, 1.82) is 10.5 Å². The predicted molar refractivity (Wildman–Crippen MR) is 342 cm³/mol. The molecule has 2 atom stereocenters. The van der Waals surface area contributed by atoms with Gasteiger partial charge in [0.25, 0.3) is 22.9 Å². The summed E-state index contributed by atoms with van der Waals surface area (Å²) in [5.74, 6) is -2.41. The Morgan fingerprint density at radius 2 is 0.714 bits per heavy atom. The van der Waals surface area contributed by atoms with Crippen molar-refractivity contribution in [3.8, 4) is 23.5 Å². The van der Waals surface area contributed by atoms with Crippen molar-refractivity contribution in [2.45, 2.75) is 58.6 Å². The molecule has 6 aromatic rings. The van der Waals surface area contributed by atoms with E-state index in [2.05, 4.69) is 21.3 Å². The first-order valence-electron chi connectivity index (χ1n) is 30.5. The van der Waals surface area contributed by atoms with Gasteiger partial charge in [0, 0.05) is 71.6 Å². The number of carbonyl (C=O) groups is 4. The summed E-state index contributed by atoms with van der Waals surface area (Å²) in [7, 11) is -4.03. The van der Waals surface area contributed by atoms with Crippen LogP contribution in [0, 0.1) is 36.5 Å². The van der Waals surface area contributed by atoms with Crippen molar-refractivity contribution >= 4 is 45.2 Å². The largest absolute Gasteiger partial charge is 0.416 e. The summed E-state index contributed by atoms with van der Waals surface area (Å²) in [6.45, 7) is 6.20. The van der Waals surface area contributed by atoms with Crippen molar-refractivity contribution in [3.05, 3.63) is 175 Å². The lowest BCUT2D eigenvalue weighted by Crippen LogP contribution is -2.35. The third-order valence-electron chi connectivity index (χ3n) is 14.0. The number of pyridine rings is 2. The second-order valence-electron chi connectivity index (χ2n) is 20.8. The Balaban J connectivity index is 0.724. The molecule has 4 N–H and O–H groups in total. The number of hydrogen-bond donors (Lipinski definition) is 4. The molecule has 2 aromatic heterocycles. The Bertz CT molecular complexity index is 3670. The number of nitriles is 2. The summed E-state index contributed by atoms with van der Waals surface area (Å²) < 4.78 is 155. The van der Waals surface area contributed by atoms with E-state index in [4.69, 9.17) is 37.9 Å². The van der Waals surface area contributed by atoms with E-state index in [0.29, 0.717) is 11.1 Å². The molecule has 0 saturated carbocycles. The average molecular weight is 1410 g/mol. The van der Waals surface area contributed by atoms with Crippen LogP contribution in [0.2, 0.25) is 0 Å². The smallest absolute Gasteiger partial charge is 0.377 e. The zero-order valence-electron chi connectivity index (χ0n) is 53.4. The lowest BCUT2D eigenvalue weighted by molar-refractivity contribution is -0.138. The molecule has 4 aromatic carbocycles. The Labute approximate surface area is 564 Å². The quantitative estimate of drug-likeness (QED) is 0.0252. The molecule has 526 valence electrons. The first-order valence-corrected chi connectivity index (χ1v) is 32.8. The molecule has 24 nitrogen and oxygen atoms in total. The van der Waals surface area contributed by atoms with Gasteiger partial charge in [0.15, 0.2) is 0 Å². The van der Waals surface area contributed by atoms with Gasteiger partial charge in [0.1, 0.15) is 11.1 Å². The van der Waals surface area contributed by atoms with Gasteiger partial charge in [-0.3, -0.25) is 37.9 Å². The highest BCUT2D eigenvalue weighted by atomic mass is 32.2. The van der Waals surface area contributed by atoms with Crippen molar-refractivity contribution in [3.63, 3.8) is 0 Å². The highest BCUT2D eigenvalue weighted by Crippen LogP contribution is 2.33. The number of halogens is 6. The maximum atomic E-state index is 13.8. The maximum Gasteiger partial charge on any atom is 0.416 e. The number of nitrogens with zero attached hydrogens (tertiary/aromatic N) is 4.